The van der Waals surface area contributed by atoms with Gasteiger partial charge >= 0.3 is 0 Å². The van der Waals surface area contributed by atoms with Gasteiger partial charge in [0.25, 0.3) is 0 Å². The number of rotatable bonds is 2. The van der Waals surface area contributed by atoms with Crippen molar-refractivity contribution in [1.29, 1.82) is 0 Å². The predicted molar refractivity (Wildman–Crippen MR) is 71.5 cm³/mol. The van der Waals surface area contributed by atoms with Crippen LogP contribution in [-0.4, -0.2) is 9.97 Å². The van der Waals surface area contributed by atoms with E-state index >= 15 is 0 Å². The first-order valence-electron chi connectivity index (χ1n) is 5.11. The first-order chi connectivity index (χ1) is 8.56. The highest BCUT2D eigenvalue weighted by atomic mass is 127. The number of hydrogen-bond acceptors (Lipinski definition) is 3. The Kier molecular flexibility index (Phi) is 3.74. The van der Waals surface area contributed by atoms with Crippen LogP contribution in [0.3, 0.4) is 0 Å². The van der Waals surface area contributed by atoms with E-state index in [0.29, 0.717) is 17.0 Å². The van der Waals surface area contributed by atoms with Gasteiger partial charge in [-0.25, -0.2) is 14.4 Å². The molecule has 94 valence electrons. The SMILES string of the molecule is Cc1ncnc(C)c1-c1ccc(OI)c(F)c1F. The number of benzene rings is 1. The summed E-state index contributed by atoms with van der Waals surface area (Å²) in [7, 11) is 0. The molecule has 0 amide bonds. The highest BCUT2D eigenvalue weighted by Crippen LogP contribution is 2.32. The molecule has 0 bridgehead atoms. The van der Waals surface area contributed by atoms with Crippen LogP contribution in [0.1, 0.15) is 11.4 Å². The third kappa shape index (κ3) is 2.16. The summed E-state index contributed by atoms with van der Waals surface area (Å²) < 4.78 is 32.3. The molecule has 0 radical (unpaired) electrons. The highest BCUT2D eigenvalue weighted by Gasteiger charge is 2.18. The second kappa shape index (κ2) is 5.13. The maximum atomic E-state index is 14.0. The Balaban J connectivity index is 2.69. The molecule has 6 heteroatoms. The second-order valence-corrected chi connectivity index (χ2v) is 4.18. The lowest BCUT2D eigenvalue weighted by molar-refractivity contribution is 0.484. The van der Waals surface area contributed by atoms with Gasteiger partial charge in [0, 0.05) is 22.5 Å². The molecule has 3 nitrogen and oxygen atoms in total. The summed E-state index contributed by atoms with van der Waals surface area (Å²) in [6, 6.07) is 2.84. The molecule has 2 rings (SSSR count). The largest absolute Gasteiger partial charge is 0.424 e. The zero-order valence-corrected chi connectivity index (χ0v) is 11.8. The van der Waals surface area contributed by atoms with E-state index < -0.39 is 11.6 Å². The van der Waals surface area contributed by atoms with Crippen molar-refractivity contribution in [1.82, 2.24) is 9.97 Å². The minimum Gasteiger partial charge on any atom is -0.424 e. The van der Waals surface area contributed by atoms with Crippen LogP contribution in [0.2, 0.25) is 0 Å². The van der Waals surface area contributed by atoms with Crippen LogP contribution in [0.5, 0.6) is 5.75 Å². The molecule has 0 atom stereocenters. The van der Waals surface area contributed by atoms with Gasteiger partial charge in [0.1, 0.15) is 6.33 Å². The van der Waals surface area contributed by atoms with Crippen LogP contribution < -0.4 is 3.07 Å². The lowest BCUT2D eigenvalue weighted by Gasteiger charge is -2.10. The van der Waals surface area contributed by atoms with Gasteiger partial charge in [0.2, 0.25) is 5.82 Å². The Hall–Kier alpha value is -1.31. The molecular weight excluding hydrogens is 353 g/mol. The van der Waals surface area contributed by atoms with Gasteiger partial charge in [-0.1, -0.05) is 0 Å². The van der Waals surface area contributed by atoms with Crippen molar-refractivity contribution in [2.45, 2.75) is 13.8 Å². The summed E-state index contributed by atoms with van der Waals surface area (Å²) in [5.74, 6) is -2.10. The highest BCUT2D eigenvalue weighted by molar-refractivity contribution is 14.1. The fourth-order valence-corrected chi connectivity index (χ4v) is 2.11. The van der Waals surface area contributed by atoms with E-state index in [1.807, 2.05) is 0 Å². The van der Waals surface area contributed by atoms with Crippen LogP contribution in [-0.2, 0) is 0 Å². The Morgan fingerprint density at radius 2 is 1.67 bits per heavy atom. The monoisotopic (exact) mass is 362 g/mol. The zero-order chi connectivity index (χ0) is 13.3. The third-order valence-electron chi connectivity index (χ3n) is 2.63. The van der Waals surface area contributed by atoms with Gasteiger partial charge in [-0.05, 0) is 26.0 Å². The Morgan fingerprint density at radius 3 is 2.22 bits per heavy atom. The average Bonchev–Trinajstić information content (AvgIpc) is 2.34. The summed E-state index contributed by atoms with van der Waals surface area (Å²) in [6.45, 7) is 3.45. The molecule has 0 saturated heterocycles. The number of aromatic nitrogens is 2. The fourth-order valence-electron chi connectivity index (χ4n) is 1.77. The van der Waals surface area contributed by atoms with E-state index in [0.717, 1.165) is 0 Å². The normalized spacial score (nSPS) is 10.5. The van der Waals surface area contributed by atoms with Gasteiger partial charge in [-0.15, -0.1) is 0 Å². The summed E-state index contributed by atoms with van der Waals surface area (Å²) in [5, 5.41) is 0. The molecule has 0 spiro atoms. The molecule has 1 heterocycles. The van der Waals surface area contributed by atoms with E-state index in [-0.39, 0.29) is 11.3 Å². The fraction of sp³-hybridized carbons (Fsp3) is 0.167. The van der Waals surface area contributed by atoms with E-state index in [1.54, 1.807) is 13.8 Å². The summed E-state index contributed by atoms with van der Waals surface area (Å²) in [5.41, 5.74) is 1.85. The lowest BCUT2D eigenvalue weighted by Crippen LogP contribution is -1.99. The molecule has 2 aromatic rings. The van der Waals surface area contributed by atoms with Crippen LogP contribution in [0.15, 0.2) is 18.5 Å². The van der Waals surface area contributed by atoms with E-state index in [9.17, 15) is 8.78 Å². The van der Waals surface area contributed by atoms with E-state index in [1.165, 1.54) is 41.5 Å². The first-order valence-corrected chi connectivity index (χ1v) is 5.99. The van der Waals surface area contributed by atoms with Crippen molar-refractivity contribution in [3.05, 3.63) is 41.5 Å². The maximum absolute atomic E-state index is 14.0. The van der Waals surface area contributed by atoms with Crippen LogP contribution in [0, 0.1) is 25.5 Å². The van der Waals surface area contributed by atoms with Gasteiger partial charge in [-0.2, -0.15) is 4.39 Å². The van der Waals surface area contributed by atoms with Crippen LogP contribution >= 0.6 is 23.0 Å². The molecule has 0 unspecified atom stereocenters. The van der Waals surface area contributed by atoms with E-state index in [2.05, 4.69) is 9.97 Å². The minimum absolute atomic E-state index is 0.135. The molecule has 1 aromatic carbocycles. The smallest absolute Gasteiger partial charge is 0.202 e. The number of aryl methyl sites for hydroxylation is 2. The quantitative estimate of drug-likeness (QED) is 0.763. The van der Waals surface area contributed by atoms with Crippen molar-refractivity contribution < 1.29 is 11.8 Å². The topological polar surface area (TPSA) is 35.0 Å². The molecule has 0 aliphatic rings. The average molecular weight is 362 g/mol. The van der Waals surface area contributed by atoms with Gasteiger partial charge in [0.15, 0.2) is 34.6 Å². The molecule has 1 aromatic heterocycles. The minimum atomic E-state index is -1.01. The van der Waals surface area contributed by atoms with Crippen molar-refractivity contribution in [3.8, 4) is 16.9 Å². The standard InChI is InChI=1S/C12H9F2IN2O/c1-6-10(7(2)17-5-16-6)8-3-4-9(18-15)12(14)11(8)13/h3-5H,1-2H3. The van der Waals surface area contributed by atoms with Gasteiger partial charge in [0.05, 0.1) is 0 Å². The zero-order valence-electron chi connectivity index (χ0n) is 9.67. The maximum Gasteiger partial charge on any atom is 0.202 e. The summed E-state index contributed by atoms with van der Waals surface area (Å²) in [4.78, 5) is 7.99. The lowest BCUT2D eigenvalue weighted by atomic mass is 10.0. The first kappa shape index (κ1) is 13.1. The predicted octanol–water partition coefficient (Wildman–Crippen LogP) is 3.77. The Labute approximate surface area is 117 Å². The summed E-state index contributed by atoms with van der Waals surface area (Å²) in [6.07, 6.45) is 1.39. The Bertz CT molecular complexity index is 585. The molecule has 0 aliphatic heterocycles. The van der Waals surface area contributed by atoms with Gasteiger partial charge in [-0.3, -0.25) is 0 Å². The number of nitrogens with zero attached hydrogens (tertiary/aromatic N) is 2. The molecule has 18 heavy (non-hydrogen) atoms. The Morgan fingerprint density at radius 1 is 1.06 bits per heavy atom. The molecule has 0 N–H and O–H groups in total. The second-order valence-electron chi connectivity index (χ2n) is 3.74. The third-order valence-corrected chi connectivity index (χ3v) is 3.10. The van der Waals surface area contributed by atoms with Crippen LogP contribution in [0.25, 0.3) is 11.1 Å². The van der Waals surface area contributed by atoms with Crippen molar-refractivity contribution in [3.63, 3.8) is 0 Å². The van der Waals surface area contributed by atoms with E-state index in [4.69, 9.17) is 3.07 Å². The van der Waals surface area contributed by atoms with Crippen molar-refractivity contribution in [2.24, 2.45) is 0 Å². The number of hydrogen-bond donors (Lipinski definition) is 0. The van der Waals surface area contributed by atoms with Crippen LogP contribution in [0.4, 0.5) is 8.78 Å². The van der Waals surface area contributed by atoms with Gasteiger partial charge < -0.3 is 3.07 Å². The summed E-state index contributed by atoms with van der Waals surface area (Å²) >= 11 is 1.50. The molecule has 0 fully saturated rings. The molecular formula is C12H9F2IN2O. The molecule has 0 saturated carbocycles. The number of halogens is 3. The molecule has 0 aliphatic carbocycles. The van der Waals surface area contributed by atoms with Crippen molar-refractivity contribution in [2.75, 3.05) is 0 Å². The van der Waals surface area contributed by atoms with Crippen molar-refractivity contribution >= 4 is 23.0 Å².